The molecule has 14 heavy (non-hydrogen) atoms. The van der Waals surface area contributed by atoms with E-state index >= 15 is 0 Å². The molecule has 1 N–H and O–H groups in total. The van der Waals surface area contributed by atoms with Gasteiger partial charge in [0.25, 0.3) is 0 Å². The lowest BCUT2D eigenvalue weighted by Gasteiger charge is -2.08. The van der Waals surface area contributed by atoms with Crippen LogP contribution in [0.3, 0.4) is 0 Å². The lowest BCUT2D eigenvalue weighted by molar-refractivity contribution is 0.269. The lowest BCUT2D eigenvalue weighted by Crippen LogP contribution is -2.01. The van der Waals surface area contributed by atoms with Crippen LogP contribution < -0.4 is 0 Å². The van der Waals surface area contributed by atoms with Crippen LogP contribution in [0.25, 0.3) is 5.69 Å². The van der Waals surface area contributed by atoms with Gasteiger partial charge in [0.1, 0.15) is 12.4 Å². The fourth-order valence-electron chi connectivity index (χ4n) is 1.50. The first-order valence-electron chi connectivity index (χ1n) is 4.52. The van der Waals surface area contributed by atoms with Gasteiger partial charge in [-0.1, -0.05) is 18.2 Å². The van der Waals surface area contributed by atoms with Gasteiger partial charge < -0.3 is 9.67 Å². The van der Waals surface area contributed by atoms with Crippen molar-refractivity contribution in [2.24, 2.45) is 0 Å². The molecule has 0 saturated heterocycles. The fraction of sp³-hybridized carbons (Fsp3) is 0.182. The SMILES string of the molecule is Cc1ccccc1-n1ccnc1CO. The molecule has 1 heterocycles. The summed E-state index contributed by atoms with van der Waals surface area (Å²) in [6.07, 6.45) is 3.55. The predicted octanol–water partition coefficient (Wildman–Crippen LogP) is 1.67. The Balaban J connectivity index is 2.54. The van der Waals surface area contributed by atoms with Gasteiger partial charge in [-0.05, 0) is 18.6 Å². The Labute approximate surface area is 82.7 Å². The highest BCUT2D eigenvalue weighted by atomic mass is 16.3. The van der Waals surface area contributed by atoms with Gasteiger partial charge in [-0.15, -0.1) is 0 Å². The second-order valence-corrected chi connectivity index (χ2v) is 3.16. The number of rotatable bonds is 2. The van der Waals surface area contributed by atoms with Crippen LogP contribution in [0.1, 0.15) is 11.4 Å². The Bertz CT molecular complexity index is 434. The number of aryl methyl sites for hydroxylation is 1. The number of para-hydroxylation sites is 1. The summed E-state index contributed by atoms with van der Waals surface area (Å²) in [7, 11) is 0. The molecule has 0 saturated carbocycles. The molecule has 0 fully saturated rings. The van der Waals surface area contributed by atoms with Crippen molar-refractivity contribution in [3.63, 3.8) is 0 Å². The van der Waals surface area contributed by atoms with Crippen LogP contribution in [0.4, 0.5) is 0 Å². The summed E-state index contributed by atoms with van der Waals surface area (Å²) in [5.41, 5.74) is 2.23. The molecule has 72 valence electrons. The average molecular weight is 188 g/mol. The monoisotopic (exact) mass is 188 g/mol. The molecule has 3 nitrogen and oxygen atoms in total. The molecule has 0 atom stereocenters. The minimum absolute atomic E-state index is 0.0403. The first-order valence-corrected chi connectivity index (χ1v) is 4.52. The smallest absolute Gasteiger partial charge is 0.139 e. The summed E-state index contributed by atoms with van der Waals surface area (Å²) in [4.78, 5) is 4.07. The Hall–Kier alpha value is -1.61. The van der Waals surface area contributed by atoms with Gasteiger partial charge in [-0.2, -0.15) is 0 Å². The summed E-state index contributed by atoms with van der Waals surface area (Å²) in [5, 5.41) is 9.08. The maximum atomic E-state index is 9.08. The van der Waals surface area contributed by atoms with E-state index in [0.717, 1.165) is 5.69 Å². The molecule has 1 aromatic carbocycles. The number of aliphatic hydroxyl groups is 1. The molecule has 2 aromatic rings. The van der Waals surface area contributed by atoms with Crippen molar-refractivity contribution >= 4 is 0 Å². The maximum Gasteiger partial charge on any atom is 0.139 e. The van der Waals surface area contributed by atoms with Crippen LogP contribution in [-0.2, 0) is 6.61 Å². The standard InChI is InChI=1S/C11H12N2O/c1-9-4-2-3-5-10(9)13-7-6-12-11(13)8-14/h2-7,14H,8H2,1H3. The molecule has 0 radical (unpaired) electrons. The molecule has 0 unspecified atom stereocenters. The van der Waals surface area contributed by atoms with Crippen molar-refractivity contribution in [1.29, 1.82) is 0 Å². The van der Waals surface area contributed by atoms with Crippen molar-refractivity contribution in [3.05, 3.63) is 48.0 Å². The van der Waals surface area contributed by atoms with Crippen molar-refractivity contribution in [2.45, 2.75) is 13.5 Å². The van der Waals surface area contributed by atoms with E-state index in [2.05, 4.69) is 4.98 Å². The summed E-state index contributed by atoms with van der Waals surface area (Å²) < 4.78 is 1.90. The largest absolute Gasteiger partial charge is 0.388 e. The molecule has 0 aliphatic heterocycles. The van der Waals surface area contributed by atoms with Crippen molar-refractivity contribution < 1.29 is 5.11 Å². The van der Waals surface area contributed by atoms with Crippen LogP contribution in [0.15, 0.2) is 36.7 Å². The summed E-state index contributed by atoms with van der Waals surface area (Å²) in [5.74, 6) is 0.666. The number of hydrogen-bond acceptors (Lipinski definition) is 2. The molecule has 0 bridgehead atoms. The zero-order valence-electron chi connectivity index (χ0n) is 8.01. The van der Waals surface area contributed by atoms with E-state index in [0.29, 0.717) is 5.82 Å². The molecule has 2 rings (SSSR count). The van der Waals surface area contributed by atoms with Crippen molar-refractivity contribution in [1.82, 2.24) is 9.55 Å². The lowest BCUT2D eigenvalue weighted by atomic mass is 10.2. The first-order chi connectivity index (χ1) is 6.83. The van der Waals surface area contributed by atoms with Gasteiger partial charge in [0.15, 0.2) is 0 Å². The zero-order chi connectivity index (χ0) is 9.97. The topological polar surface area (TPSA) is 38.0 Å². The molecule has 3 heteroatoms. The Morgan fingerprint density at radius 2 is 2.14 bits per heavy atom. The average Bonchev–Trinajstić information content (AvgIpc) is 2.66. The van der Waals surface area contributed by atoms with E-state index in [-0.39, 0.29) is 6.61 Å². The molecule has 0 aliphatic rings. The Morgan fingerprint density at radius 3 is 2.86 bits per heavy atom. The van der Waals surface area contributed by atoms with Crippen LogP contribution in [-0.4, -0.2) is 14.7 Å². The Morgan fingerprint density at radius 1 is 1.36 bits per heavy atom. The number of nitrogens with zero attached hydrogens (tertiary/aromatic N) is 2. The number of benzene rings is 1. The normalized spacial score (nSPS) is 10.4. The van der Waals surface area contributed by atoms with Crippen LogP contribution >= 0.6 is 0 Å². The minimum atomic E-state index is -0.0403. The first kappa shape index (κ1) is 8.97. The van der Waals surface area contributed by atoms with Crippen molar-refractivity contribution in [3.8, 4) is 5.69 Å². The minimum Gasteiger partial charge on any atom is -0.388 e. The third-order valence-corrected chi connectivity index (χ3v) is 2.23. The third kappa shape index (κ3) is 1.42. The van der Waals surface area contributed by atoms with E-state index in [1.54, 1.807) is 6.20 Å². The van der Waals surface area contributed by atoms with Gasteiger partial charge in [-0.25, -0.2) is 4.98 Å². The van der Waals surface area contributed by atoms with E-state index in [1.165, 1.54) is 5.56 Å². The molecular weight excluding hydrogens is 176 g/mol. The van der Waals surface area contributed by atoms with Crippen molar-refractivity contribution in [2.75, 3.05) is 0 Å². The highest BCUT2D eigenvalue weighted by Gasteiger charge is 2.04. The van der Waals surface area contributed by atoms with E-state index in [9.17, 15) is 0 Å². The number of hydrogen-bond donors (Lipinski definition) is 1. The molecule has 1 aromatic heterocycles. The zero-order valence-corrected chi connectivity index (χ0v) is 8.01. The molecule has 0 aliphatic carbocycles. The summed E-state index contributed by atoms with van der Waals surface area (Å²) in [6.45, 7) is 2.00. The van der Waals surface area contributed by atoms with Gasteiger partial charge in [0.05, 0.1) is 0 Å². The van der Waals surface area contributed by atoms with Gasteiger partial charge in [-0.3, -0.25) is 0 Å². The fourth-order valence-corrected chi connectivity index (χ4v) is 1.50. The second-order valence-electron chi connectivity index (χ2n) is 3.16. The second kappa shape index (κ2) is 3.64. The highest BCUT2D eigenvalue weighted by Crippen LogP contribution is 2.14. The molecule has 0 spiro atoms. The van der Waals surface area contributed by atoms with Gasteiger partial charge in [0.2, 0.25) is 0 Å². The van der Waals surface area contributed by atoms with Crippen LogP contribution in [0.5, 0.6) is 0 Å². The number of imidazole rings is 1. The van der Waals surface area contributed by atoms with E-state index in [1.807, 2.05) is 42.0 Å². The summed E-state index contributed by atoms with van der Waals surface area (Å²) >= 11 is 0. The van der Waals surface area contributed by atoms with Gasteiger partial charge >= 0.3 is 0 Å². The summed E-state index contributed by atoms with van der Waals surface area (Å²) in [6, 6.07) is 8.02. The quantitative estimate of drug-likeness (QED) is 0.778. The number of aromatic nitrogens is 2. The molecular formula is C11H12N2O. The molecule has 0 amide bonds. The van der Waals surface area contributed by atoms with E-state index < -0.39 is 0 Å². The van der Waals surface area contributed by atoms with Crippen LogP contribution in [0.2, 0.25) is 0 Å². The van der Waals surface area contributed by atoms with Gasteiger partial charge in [0, 0.05) is 18.1 Å². The third-order valence-electron chi connectivity index (χ3n) is 2.23. The van der Waals surface area contributed by atoms with Crippen LogP contribution in [0, 0.1) is 6.92 Å². The number of aliphatic hydroxyl groups excluding tert-OH is 1. The Kier molecular flexibility index (Phi) is 2.33. The maximum absolute atomic E-state index is 9.08. The van der Waals surface area contributed by atoms with E-state index in [4.69, 9.17) is 5.11 Å². The highest BCUT2D eigenvalue weighted by molar-refractivity contribution is 5.40. The predicted molar refractivity (Wildman–Crippen MR) is 54.2 cm³/mol.